The molecule has 1 unspecified atom stereocenters. The first-order valence-corrected chi connectivity index (χ1v) is 8.23. The van der Waals surface area contributed by atoms with Crippen LogP contribution in [-0.4, -0.2) is 20.9 Å². The molecule has 0 amide bonds. The van der Waals surface area contributed by atoms with Crippen molar-refractivity contribution in [3.63, 3.8) is 0 Å². The molecule has 0 heterocycles. The van der Waals surface area contributed by atoms with Crippen molar-refractivity contribution in [3.8, 4) is 5.75 Å². The summed E-state index contributed by atoms with van der Waals surface area (Å²) in [5.41, 5.74) is -0.317. The number of hydrogen-bond donors (Lipinski definition) is 0. The maximum atomic E-state index is 12.2. The highest BCUT2D eigenvalue weighted by atomic mass is 35.5. The molecule has 0 saturated heterocycles. The first-order valence-electron chi connectivity index (χ1n) is 6.16. The van der Waals surface area contributed by atoms with E-state index in [-0.39, 0.29) is 21.4 Å². The van der Waals surface area contributed by atoms with Gasteiger partial charge >= 0.3 is 5.97 Å². The fourth-order valence-corrected chi connectivity index (χ4v) is 3.18. The molecule has 9 heteroatoms. The predicted molar refractivity (Wildman–Crippen MR) is 86.5 cm³/mol. The minimum Gasteiger partial charge on any atom is -0.424 e. The molecule has 0 aliphatic heterocycles. The van der Waals surface area contributed by atoms with E-state index in [4.69, 9.17) is 27.9 Å². The maximum absolute atomic E-state index is 12.2. The third-order valence-electron chi connectivity index (χ3n) is 2.67. The third kappa shape index (κ3) is 4.51. The van der Waals surface area contributed by atoms with Gasteiger partial charge < -0.3 is 4.74 Å². The summed E-state index contributed by atoms with van der Waals surface area (Å²) >= 11 is 11.6. The summed E-state index contributed by atoms with van der Waals surface area (Å²) in [6.07, 6.45) is 0. The minimum atomic E-state index is -1.92. The van der Waals surface area contributed by atoms with Crippen LogP contribution in [0.1, 0.15) is 0 Å². The van der Waals surface area contributed by atoms with Crippen LogP contribution in [0.15, 0.2) is 47.4 Å². The van der Waals surface area contributed by atoms with Crippen LogP contribution in [0, 0.1) is 10.1 Å². The van der Waals surface area contributed by atoms with Crippen molar-refractivity contribution in [2.75, 3.05) is 5.75 Å². The largest absolute Gasteiger partial charge is 0.424 e. The molecule has 0 aliphatic carbocycles. The molecule has 0 aliphatic rings. The van der Waals surface area contributed by atoms with E-state index < -0.39 is 27.4 Å². The van der Waals surface area contributed by atoms with Gasteiger partial charge in [0.05, 0.1) is 20.7 Å². The van der Waals surface area contributed by atoms with Crippen molar-refractivity contribution in [3.05, 3.63) is 62.6 Å². The molecule has 120 valence electrons. The molecule has 0 fully saturated rings. The second-order valence-corrected chi connectivity index (χ2v) is 6.53. The Morgan fingerprint density at radius 3 is 2.57 bits per heavy atom. The van der Waals surface area contributed by atoms with Crippen LogP contribution >= 0.6 is 23.2 Å². The van der Waals surface area contributed by atoms with Crippen LogP contribution in [0.3, 0.4) is 0 Å². The Morgan fingerprint density at radius 1 is 1.22 bits per heavy atom. The summed E-state index contributed by atoms with van der Waals surface area (Å²) < 4.78 is 17.2. The third-order valence-corrected chi connectivity index (χ3v) is 4.54. The summed E-state index contributed by atoms with van der Waals surface area (Å²) in [4.78, 5) is 22.0. The first kappa shape index (κ1) is 17.4. The van der Waals surface area contributed by atoms with Crippen LogP contribution < -0.4 is 4.74 Å². The van der Waals surface area contributed by atoms with Gasteiger partial charge in [-0.1, -0.05) is 35.3 Å². The zero-order valence-electron chi connectivity index (χ0n) is 11.4. The number of nitrogens with zero attached hydrogens (tertiary/aromatic N) is 1. The number of carbonyl (C=O) groups excluding carboxylic acids is 1. The Morgan fingerprint density at radius 2 is 1.91 bits per heavy atom. The van der Waals surface area contributed by atoms with E-state index in [2.05, 4.69) is 0 Å². The molecule has 0 spiro atoms. The van der Waals surface area contributed by atoms with Crippen molar-refractivity contribution in [2.24, 2.45) is 0 Å². The summed E-state index contributed by atoms with van der Waals surface area (Å²) in [5.74, 6) is -1.30. The molecular weight excluding hydrogens is 365 g/mol. The number of benzene rings is 2. The number of esters is 1. The predicted octanol–water partition coefficient (Wildman–Crippen LogP) is 3.61. The number of nitro benzene ring substituents is 1. The zero-order chi connectivity index (χ0) is 17.0. The summed E-state index contributed by atoms with van der Waals surface area (Å²) in [6.45, 7) is 0. The number of ether oxygens (including phenoxy) is 1. The van der Waals surface area contributed by atoms with Gasteiger partial charge in [0, 0.05) is 11.1 Å². The normalized spacial score (nSPS) is 11.7. The molecule has 1 atom stereocenters. The highest BCUT2D eigenvalue weighted by Gasteiger charge is 2.21. The topological polar surface area (TPSA) is 86.5 Å². The van der Waals surface area contributed by atoms with E-state index in [1.54, 1.807) is 0 Å². The van der Waals surface area contributed by atoms with E-state index in [0.29, 0.717) is 5.02 Å². The Kier molecular flexibility index (Phi) is 5.70. The summed E-state index contributed by atoms with van der Waals surface area (Å²) in [5, 5.41) is 11.4. The quantitative estimate of drug-likeness (QED) is 0.345. The van der Waals surface area contributed by atoms with Crippen molar-refractivity contribution < 1.29 is 18.7 Å². The molecule has 2 aromatic carbocycles. The van der Waals surface area contributed by atoms with Gasteiger partial charge in [-0.2, -0.15) is 0 Å². The van der Waals surface area contributed by atoms with E-state index in [0.717, 1.165) is 0 Å². The van der Waals surface area contributed by atoms with E-state index in [1.807, 2.05) is 0 Å². The Labute approximate surface area is 143 Å². The molecule has 2 aromatic rings. The molecule has 2 rings (SSSR count). The van der Waals surface area contributed by atoms with Gasteiger partial charge in [0.2, 0.25) is 0 Å². The molecule has 23 heavy (non-hydrogen) atoms. The van der Waals surface area contributed by atoms with Gasteiger partial charge in [-0.05, 0) is 24.3 Å². The van der Waals surface area contributed by atoms with Crippen molar-refractivity contribution in [1.29, 1.82) is 0 Å². The Hall–Kier alpha value is -1.96. The van der Waals surface area contributed by atoms with Gasteiger partial charge in [0.1, 0.15) is 16.4 Å². The lowest BCUT2D eigenvalue weighted by atomic mass is 10.3. The molecule has 0 N–H and O–H groups in total. The average Bonchev–Trinajstić information content (AvgIpc) is 2.50. The van der Waals surface area contributed by atoms with Crippen molar-refractivity contribution in [2.45, 2.75) is 4.90 Å². The number of para-hydroxylation sites is 1. The van der Waals surface area contributed by atoms with Crippen LogP contribution in [0.4, 0.5) is 5.69 Å². The fraction of sp³-hybridized carbons (Fsp3) is 0.0714. The number of nitro groups is 1. The lowest BCUT2D eigenvalue weighted by molar-refractivity contribution is -0.387. The summed E-state index contributed by atoms with van der Waals surface area (Å²) in [6, 6.07) is 9.77. The average molecular weight is 374 g/mol. The first-order chi connectivity index (χ1) is 10.9. The molecule has 6 nitrogen and oxygen atoms in total. The van der Waals surface area contributed by atoms with Gasteiger partial charge in [-0.25, -0.2) is 0 Å². The molecule has 0 bridgehead atoms. The van der Waals surface area contributed by atoms with Crippen LogP contribution in [-0.2, 0) is 15.6 Å². The smallest absolute Gasteiger partial charge is 0.324 e. The van der Waals surface area contributed by atoms with Gasteiger partial charge in [0.25, 0.3) is 5.69 Å². The van der Waals surface area contributed by atoms with Crippen molar-refractivity contribution in [1.82, 2.24) is 0 Å². The van der Waals surface area contributed by atoms with E-state index in [9.17, 15) is 19.1 Å². The fourth-order valence-electron chi connectivity index (χ4n) is 1.70. The molecular formula is C14H9Cl2NO5S. The Balaban J connectivity index is 2.11. The number of hydrogen-bond acceptors (Lipinski definition) is 5. The minimum absolute atomic E-state index is 0.0448. The lowest BCUT2D eigenvalue weighted by Crippen LogP contribution is -2.17. The van der Waals surface area contributed by atoms with Gasteiger partial charge in [-0.3, -0.25) is 19.1 Å². The zero-order valence-corrected chi connectivity index (χ0v) is 13.7. The Bertz CT molecular complexity index is 796. The number of carbonyl (C=O) groups is 1. The highest BCUT2D eigenvalue weighted by molar-refractivity contribution is 7.85. The SMILES string of the molecule is O=C(CS(=O)c1ccccc1[N+](=O)[O-])Oc1ccc(Cl)cc1Cl. The van der Waals surface area contributed by atoms with Crippen LogP contribution in [0.25, 0.3) is 0 Å². The van der Waals surface area contributed by atoms with Crippen molar-refractivity contribution >= 4 is 45.7 Å². The van der Waals surface area contributed by atoms with Gasteiger partial charge in [-0.15, -0.1) is 0 Å². The summed E-state index contributed by atoms with van der Waals surface area (Å²) in [7, 11) is -1.92. The number of halogens is 2. The maximum Gasteiger partial charge on any atom is 0.324 e. The number of rotatable bonds is 5. The highest BCUT2D eigenvalue weighted by Crippen LogP contribution is 2.28. The van der Waals surface area contributed by atoms with E-state index >= 15 is 0 Å². The molecule has 0 radical (unpaired) electrons. The second kappa shape index (κ2) is 7.54. The second-order valence-electron chi connectivity index (χ2n) is 4.26. The molecule has 0 aromatic heterocycles. The van der Waals surface area contributed by atoms with Crippen LogP contribution in [0.2, 0.25) is 10.0 Å². The monoisotopic (exact) mass is 373 g/mol. The lowest BCUT2D eigenvalue weighted by Gasteiger charge is -2.07. The standard InChI is InChI=1S/C14H9Cl2NO5S/c15-9-5-6-12(10(16)7-9)22-14(18)8-23(21)13-4-2-1-3-11(13)17(19)20/h1-7H,8H2. The van der Waals surface area contributed by atoms with Crippen LogP contribution in [0.5, 0.6) is 5.75 Å². The molecule has 0 saturated carbocycles. The van der Waals surface area contributed by atoms with Gasteiger partial charge in [0.15, 0.2) is 0 Å². The van der Waals surface area contributed by atoms with E-state index in [1.165, 1.54) is 42.5 Å².